The van der Waals surface area contributed by atoms with Crippen LogP contribution in [-0.4, -0.2) is 44.0 Å². The van der Waals surface area contributed by atoms with Gasteiger partial charge in [-0.2, -0.15) is 0 Å². The number of carbonyl (C=O) groups excluding carboxylic acids is 2. The Bertz CT molecular complexity index is 2140. The van der Waals surface area contributed by atoms with Crippen LogP contribution in [0.5, 0.6) is 0 Å². The zero-order valence-electron chi connectivity index (χ0n) is 23.7. The van der Waals surface area contributed by atoms with Crippen molar-refractivity contribution in [1.29, 1.82) is 0 Å². The summed E-state index contributed by atoms with van der Waals surface area (Å²) < 4.78 is 5.52. The summed E-state index contributed by atoms with van der Waals surface area (Å²) >= 11 is 0. The summed E-state index contributed by atoms with van der Waals surface area (Å²) in [6.45, 7) is 2.69. The van der Waals surface area contributed by atoms with Crippen LogP contribution >= 0.6 is 0 Å². The van der Waals surface area contributed by atoms with Crippen molar-refractivity contribution in [3.63, 3.8) is 0 Å². The first-order chi connectivity index (χ1) is 21.5. The van der Waals surface area contributed by atoms with E-state index in [-0.39, 0.29) is 40.6 Å². The maximum Gasteiger partial charge on any atom is 0.448 e. The highest BCUT2D eigenvalue weighted by Crippen LogP contribution is 2.26. The van der Waals surface area contributed by atoms with Crippen LogP contribution in [0.15, 0.2) is 67.4 Å². The summed E-state index contributed by atoms with van der Waals surface area (Å²) in [6.07, 6.45) is 0.651. The van der Waals surface area contributed by atoms with Gasteiger partial charge in [0.1, 0.15) is 22.8 Å². The fourth-order valence-electron chi connectivity index (χ4n) is 5.30. The third-order valence-electron chi connectivity index (χ3n) is 7.77. The van der Waals surface area contributed by atoms with Crippen molar-refractivity contribution in [1.82, 2.24) is 25.2 Å². The normalized spacial score (nSPS) is 13.4. The second kappa shape index (κ2) is 11.2. The number of nitrogens with zero attached hydrogens (tertiary/aromatic N) is 4. The van der Waals surface area contributed by atoms with Crippen molar-refractivity contribution in [3.05, 3.63) is 119 Å². The van der Waals surface area contributed by atoms with Crippen LogP contribution in [0.25, 0.3) is 5.78 Å². The van der Waals surface area contributed by atoms with Crippen molar-refractivity contribution in [3.8, 4) is 0 Å². The number of amides is 2. The number of nitrogens with one attached hydrogen (secondary N) is 2. The van der Waals surface area contributed by atoms with E-state index >= 15 is 0 Å². The molecule has 0 saturated carbocycles. The highest BCUT2D eigenvalue weighted by Gasteiger charge is 2.27. The first kappa shape index (κ1) is 29.0. The molecule has 0 saturated heterocycles. The lowest BCUT2D eigenvalue weighted by Crippen LogP contribution is -2.44. The van der Waals surface area contributed by atoms with Gasteiger partial charge in [-0.05, 0) is 59.0 Å². The minimum atomic E-state index is -1.09. The van der Waals surface area contributed by atoms with Gasteiger partial charge >= 0.3 is 11.7 Å². The Hall–Kier alpha value is -6.12. The summed E-state index contributed by atoms with van der Waals surface area (Å²) in [6, 6.07) is 12.2. The number of hydrogen-bond acceptors (Lipinski definition) is 11. The predicted octanol–water partition coefficient (Wildman–Crippen LogP) is 0.543. The largest absolute Gasteiger partial charge is 0.478 e. The molecular formula is C30H25N7O8. The van der Waals surface area contributed by atoms with Crippen LogP contribution < -0.4 is 37.9 Å². The number of aromatic nitrogens is 3. The van der Waals surface area contributed by atoms with E-state index in [1.807, 2.05) is 18.2 Å². The number of fused-ring (bicyclic) bond motifs is 2. The van der Waals surface area contributed by atoms with Gasteiger partial charge < -0.3 is 26.4 Å². The van der Waals surface area contributed by atoms with Crippen LogP contribution in [0, 0.1) is 0 Å². The zero-order valence-corrected chi connectivity index (χ0v) is 23.7. The average Bonchev–Trinajstić information content (AvgIpc) is 3.43. The number of carbonyl (C=O) groups is 3. The molecule has 0 aliphatic carbocycles. The van der Waals surface area contributed by atoms with E-state index < -0.39 is 40.4 Å². The van der Waals surface area contributed by atoms with Gasteiger partial charge in [-0.25, -0.2) is 19.0 Å². The number of carboxylic acids is 1. The molecule has 0 bridgehead atoms. The molecule has 0 fully saturated rings. The van der Waals surface area contributed by atoms with Crippen molar-refractivity contribution < 1.29 is 24.0 Å². The third kappa shape index (κ3) is 5.30. The molecule has 3 aromatic carbocycles. The highest BCUT2D eigenvalue weighted by atomic mass is 16.5. The molecule has 5 N–H and O–H groups in total. The summed E-state index contributed by atoms with van der Waals surface area (Å²) in [5.74, 6) is -3.71. The molecule has 2 aromatic heterocycles. The summed E-state index contributed by atoms with van der Waals surface area (Å²) in [5.41, 5.74) is 7.72. The highest BCUT2D eigenvalue weighted by molar-refractivity contribution is 5.98. The number of aromatic carboxylic acids is 1. The van der Waals surface area contributed by atoms with Crippen molar-refractivity contribution >= 4 is 34.9 Å². The van der Waals surface area contributed by atoms with Gasteiger partial charge in [-0.3, -0.25) is 23.7 Å². The Balaban J connectivity index is 1.18. The summed E-state index contributed by atoms with van der Waals surface area (Å²) in [7, 11) is 0. The molecule has 0 radical (unpaired) electrons. The first-order valence-electron chi connectivity index (χ1n) is 13.8. The number of carboxylic acid groups (broad SMARTS) is 1. The van der Waals surface area contributed by atoms with Gasteiger partial charge in [0.25, 0.3) is 28.4 Å². The summed E-state index contributed by atoms with van der Waals surface area (Å²) in [5, 5.41) is 18.2. The van der Waals surface area contributed by atoms with Gasteiger partial charge in [0, 0.05) is 19.6 Å². The quantitative estimate of drug-likeness (QED) is 0.177. The average molecular weight is 612 g/mol. The van der Waals surface area contributed by atoms with E-state index in [2.05, 4.69) is 25.3 Å². The second-order valence-corrected chi connectivity index (χ2v) is 10.6. The van der Waals surface area contributed by atoms with Gasteiger partial charge in [-0.1, -0.05) is 30.3 Å². The monoisotopic (exact) mass is 611 g/mol. The number of hydrogen-bond donors (Lipinski definition) is 4. The van der Waals surface area contributed by atoms with Crippen LogP contribution in [0.3, 0.4) is 0 Å². The molecule has 15 heteroatoms. The topological polar surface area (TPSA) is 219 Å². The van der Waals surface area contributed by atoms with E-state index in [9.17, 15) is 28.8 Å². The lowest BCUT2D eigenvalue weighted by molar-refractivity contribution is 0.0696. The minimum Gasteiger partial charge on any atom is -0.478 e. The molecular weight excluding hydrogens is 586 g/mol. The van der Waals surface area contributed by atoms with Crippen LogP contribution in [0.2, 0.25) is 0 Å². The number of nitrogen functional groups attached to an aromatic ring is 1. The number of nitrogens with two attached hydrogens (primary N) is 1. The Morgan fingerprint density at radius 2 is 1.78 bits per heavy atom. The van der Waals surface area contributed by atoms with Crippen LogP contribution in [0.1, 0.15) is 66.6 Å². The number of rotatable bonds is 8. The molecule has 1 aliphatic rings. The second-order valence-electron chi connectivity index (χ2n) is 10.6. The molecule has 228 valence electrons. The van der Waals surface area contributed by atoms with Crippen molar-refractivity contribution in [2.24, 2.45) is 0 Å². The van der Waals surface area contributed by atoms with Crippen LogP contribution in [-0.2, 0) is 19.5 Å². The minimum absolute atomic E-state index is 0.0254. The molecule has 6 rings (SSSR count). The van der Waals surface area contributed by atoms with E-state index in [1.54, 1.807) is 24.0 Å². The number of benzene rings is 2. The van der Waals surface area contributed by atoms with E-state index in [0.29, 0.717) is 25.1 Å². The van der Waals surface area contributed by atoms with Gasteiger partial charge in [0.15, 0.2) is 0 Å². The first-order valence-corrected chi connectivity index (χ1v) is 13.8. The van der Waals surface area contributed by atoms with E-state index in [0.717, 1.165) is 27.2 Å². The molecule has 1 atom stereocenters. The van der Waals surface area contributed by atoms with E-state index in [1.165, 1.54) is 12.1 Å². The molecule has 45 heavy (non-hydrogen) atoms. The molecule has 15 nitrogen and oxygen atoms in total. The smallest absolute Gasteiger partial charge is 0.448 e. The fraction of sp³-hybridized carbons (Fsp3) is 0.200. The maximum atomic E-state index is 13.3. The Kier molecular flexibility index (Phi) is 7.20. The van der Waals surface area contributed by atoms with Crippen molar-refractivity contribution in [2.45, 2.75) is 32.5 Å². The van der Waals surface area contributed by atoms with Gasteiger partial charge in [-0.15, -0.1) is 0 Å². The predicted molar refractivity (Wildman–Crippen MR) is 159 cm³/mol. The molecule has 5 aromatic rings. The zero-order chi connectivity index (χ0) is 32.0. The molecule has 0 unspecified atom stereocenters. The fourth-order valence-corrected chi connectivity index (χ4v) is 5.30. The Labute approximate surface area is 252 Å². The standard InChI is InChI=1S/C30H25N7O8/c1-14(16-4-6-18(7-5-16)28(42)43)33-27(41)21-11-20(34-29-35-45-30(44)37(21)29)26(40)32-12-15-2-3-17-8-9-36(13-19(17)10-15)23-22(31)24(38)25(23)39/h2-7,10-11,14H,8-9,12-13,31H2,1H3,(H,32,40)(H,33,41)(H,42,43)/t14-/m0/s1. The molecule has 1 aliphatic heterocycles. The molecule has 3 heterocycles. The summed E-state index contributed by atoms with van der Waals surface area (Å²) in [4.78, 5) is 79.3. The Morgan fingerprint density at radius 1 is 1.02 bits per heavy atom. The lowest BCUT2D eigenvalue weighted by atomic mass is 9.96. The maximum absolute atomic E-state index is 13.3. The number of anilines is 2. The van der Waals surface area contributed by atoms with Crippen molar-refractivity contribution in [2.75, 3.05) is 17.2 Å². The molecule has 2 amide bonds. The SMILES string of the molecule is C[C@H](NC(=O)c1cc(C(=O)NCc2ccc3c(c2)CN(c2c(N)c(=O)c2=O)CC3)nc2noc(=O)n12)c1ccc(C(=O)O)cc1. The van der Waals surface area contributed by atoms with E-state index in [4.69, 9.17) is 10.8 Å². The lowest BCUT2D eigenvalue weighted by Gasteiger charge is -2.32. The third-order valence-corrected chi connectivity index (χ3v) is 7.77. The molecule has 0 spiro atoms. The van der Waals surface area contributed by atoms with Gasteiger partial charge in [0.05, 0.1) is 11.6 Å². The Morgan fingerprint density at radius 3 is 2.49 bits per heavy atom. The van der Waals surface area contributed by atoms with Crippen LogP contribution in [0.4, 0.5) is 11.4 Å². The van der Waals surface area contributed by atoms with Gasteiger partial charge in [0.2, 0.25) is 0 Å².